The lowest BCUT2D eigenvalue weighted by atomic mass is 9.93. The Labute approximate surface area is 127 Å². The van der Waals surface area contributed by atoms with Gasteiger partial charge in [-0.3, -0.25) is 0 Å². The number of fused-ring (bicyclic) bond motifs is 1. The van der Waals surface area contributed by atoms with Gasteiger partial charge in [-0.1, -0.05) is 25.4 Å². The molecule has 1 aromatic rings. The molecule has 0 spiro atoms. The molecule has 1 heterocycles. The first kappa shape index (κ1) is 15.7. The van der Waals surface area contributed by atoms with Gasteiger partial charge in [0.1, 0.15) is 5.75 Å². The summed E-state index contributed by atoms with van der Waals surface area (Å²) in [5.74, 6) is 1.72. The summed E-state index contributed by atoms with van der Waals surface area (Å²) in [4.78, 5) is 0. The van der Waals surface area contributed by atoms with Gasteiger partial charge in [0.15, 0.2) is 0 Å². The molecule has 0 radical (unpaired) electrons. The number of hydrogen-bond donors (Lipinski definition) is 1. The molecule has 2 rings (SSSR count). The minimum absolute atomic E-state index is 0.568. The molecule has 3 heteroatoms. The van der Waals surface area contributed by atoms with E-state index in [1.54, 1.807) is 0 Å². The molecule has 0 saturated carbocycles. The van der Waals surface area contributed by atoms with Crippen molar-refractivity contribution in [1.82, 2.24) is 5.32 Å². The normalized spacial score (nSPS) is 16.6. The molecule has 20 heavy (non-hydrogen) atoms. The Balaban J connectivity index is 1.96. The summed E-state index contributed by atoms with van der Waals surface area (Å²) in [6.45, 7) is 8.68. The van der Waals surface area contributed by atoms with E-state index in [1.807, 2.05) is 6.07 Å². The van der Waals surface area contributed by atoms with Gasteiger partial charge >= 0.3 is 0 Å². The molecule has 0 fully saturated rings. The molecular formula is C17H26ClNO. The fraction of sp³-hybridized carbons (Fsp3) is 0.647. The Kier molecular flexibility index (Phi) is 5.74. The zero-order chi connectivity index (χ0) is 14.5. The maximum absolute atomic E-state index is 6.22. The number of nitrogens with one attached hydrogen (secondary N) is 1. The van der Waals surface area contributed by atoms with Gasteiger partial charge in [-0.2, -0.15) is 0 Å². The van der Waals surface area contributed by atoms with Crippen molar-refractivity contribution in [2.24, 2.45) is 5.92 Å². The van der Waals surface area contributed by atoms with Crippen LogP contribution >= 0.6 is 11.6 Å². The van der Waals surface area contributed by atoms with Crippen LogP contribution in [0.2, 0.25) is 5.02 Å². The lowest BCUT2D eigenvalue weighted by Crippen LogP contribution is -2.28. The summed E-state index contributed by atoms with van der Waals surface area (Å²) in [6.07, 6.45) is 4.41. The van der Waals surface area contributed by atoms with Crippen molar-refractivity contribution in [2.75, 3.05) is 13.2 Å². The predicted octanol–water partition coefficient (Wildman–Crippen LogP) is 4.23. The van der Waals surface area contributed by atoms with E-state index in [2.05, 4.69) is 32.2 Å². The maximum Gasteiger partial charge on any atom is 0.125 e. The van der Waals surface area contributed by atoms with Crippen molar-refractivity contribution < 1.29 is 4.74 Å². The van der Waals surface area contributed by atoms with Crippen LogP contribution in [0.3, 0.4) is 0 Å². The highest BCUT2D eigenvalue weighted by Crippen LogP contribution is 2.34. The summed E-state index contributed by atoms with van der Waals surface area (Å²) in [5, 5.41) is 4.40. The third-order valence-corrected chi connectivity index (χ3v) is 4.11. The Morgan fingerprint density at radius 2 is 2.15 bits per heavy atom. The average molecular weight is 296 g/mol. The van der Waals surface area contributed by atoms with Crippen LogP contribution in [-0.2, 0) is 12.8 Å². The van der Waals surface area contributed by atoms with Gasteiger partial charge in [0.2, 0.25) is 0 Å². The molecular weight excluding hydrogens is 270 g/mol. The molecule has 0 aliphatic carbocycles. The van der Waals surface area contributed by atoms with Crippen LogP contribution < -0.4 is 10.1 Å². The Morgan fingerprint density at radius 3 is 2.90 bits per heavy atom. The zero-order valence-electron chi connectivity index (χ0n) is 12.8. The first-order chi connectivity index (χ1) is 9.60. The Hall–Kier alpha value is -0.730. The van der Waals surface area contributed by atoms with Crippen molar-refractivity contribution in [3.8, 4) is 5.75 Å². The highest BCUT2D eigenvalue weighted by molar-refractivity contribution is 6.30. The van der Waals surface area contributed by atoms with Crippen LogP contribution in [0.4, 0.5) is 0 Å². The quantitative estimate of drug-likeness (QED) is 0.813. The van der Waals surface area contributed by atoms with Crippen molar-refractivity contribution in [3.05, 3.63) is 28.3 Å². The van der Waals surface area contributed by atoms with E-state index in [-0.39, 0.29) is 0 Å². The van der Waals surface area contributed by atoms with E-state index in [9.17, 15) is 0 Å². The van der Waals surface area contributed by atoms with Crippen LogP contribution in [-0.4, -0.2) is 19.2 Å². The highest BCUT2D eigenvalue weighted by Gasteiger charge is 2.19. The molecule has 1 aromatic carbocycles. The molecule has 1 N–H and O–H groups in total. The molecule has 1 aliphatic heterocycles. The minimum Gasteiger partial charge on any atom is -0.493 e. The first-order valence-corrected chi connectivity index (χ1v) is 8.15. The van der Waals surface area contributed by atoms with E-state index < -0.39 is 0 Å². The van der Waals surface area contributed by atoms with E-state index in [1.165, 1.54) is 24.0 Å². The zero-order valence-corrected chi connectivity index (χ0v) is 13.6. The summed E-state index contributed by atoms with van der Waals surface area (Å²) >= 11 is 6.22. The van der Waals surface area contributed by atoms with Crippen molar-refractivity contribution in [1.29, 1.82) is 0 Å². The average Bonchev–Trinajstić information content (AvgIpc) is 2.84. The Bertz CT molecular complexity index is 447. The largest absolute Gasteiger partial charge is 0.493 e. The van der Waals surface area contributed by atoms with Gasteiger partial charge in [0.05, 0.1) is 6.61 Å². The van der Waals surface area contributed by atoms with Crippen molar-refractivity contribution in [2.45, 2.75) is 52.5 Å². The molecule has 0 bridgehead atoms. The molecule has 1 aliphatic rings. The fourth-order valence-corrected chi connectivity index (χ4v) is 3.30. The van der Waals surface area contributed by atoms with E-state index in [0.717, 1.165) is 36.8 Å². The second-order valence-corrected chi connectivity index (χ2v) is 6.49. The van der Waals surface area contributed by atoms with Crippen LogP contribution in [0.5, 0.6) is 5.75 Å². The number of ether oxygens (including phenoxy) is 1. The number of benzene rings is 1. The van der Waals surface area contributed by atoms with Gasteiger partial charge in [-0.25, -0.2) is 0 Å². The summed E-state index contributed by atoms with van der Waals surface area (Å²) in [5.41, 5.74) is 2.55. The standard InChI is InChI=1S/C17H26ClNO/c1-4-6-19-13(3)8-12(2)9-15-11-16(18)10-14-5-7-20-17(14)15/h10-13,19H,4-9H2,1-3H3. The van der Waals surface area contributed by atoms with Crippen LogP contribution in [0.25, 0.3) is 0 Å². The van der Waals surface area contributed by atoms with E-state index >= 15 is 0 Å². The maximum atomic E-state index is 6.22. The fourth-order valence-electron chi connectivity index (χ4n) is 3.03. The number of halogens is 1. The lowest BCUT2D eigenvalue weighted by molar-refractivity contribution is 0.348. The molecule has 2 atom stereocenters. The van der Waals surface area contributed by atoms with Crippen molar-refractivity contribution >= 4 is 11.6 Å². The topological polar surface area (TPSA) is 21.3 Å². The number of hydrogen-bond acceptors (Lipinski definition) is 2. The van der Waals surface area contributed by atoms with Crippen LogP contribution in [0.15, 0.2) is 12.1 Å². The third-order valence-electron chi connectivity index (χ3n) is 3.89. The predicted molar refractivity (Wildman–Crippen MR) is 85.9 cm³/mol. The van der Waals surface area contributed by atoms with Crippen LogP contribution in [0, 0.1) is 5.92 Å². The van der Waals surface area contributed by atoms with Crippen LogP contribution in [0.1, 0.15) is 44.7 Å². The minimum atomic E-state index is 0.568. The molecule has 2 nitrogen and oxygen atoms in total. The second kappa shape index (κ2) is 7.33. The van der Waals surface area contributed by atoms with E-state index in [0.29, 0.717) is 12.0 Å². The van der Waals surface area contributed by atoms with Gasteiger partial charge < -0.3 is 10.1 Å². The van der Waals surface area contributed by atoms with Crippen molar-refractivity contribution in [3.63, 3.8) is 0 Å². The summed E-state index contributed by atoms with van der Waals surface area (Å²) in [6, 6.07) is 4.69. The smallest absolute Gasteiger partial charge is 0.125 e. The lowest BCUT2D eigenvalue weighted by Gasteiger charge is -2.19. The van der Waals surface area contributed by atoms with Gasteiger partial charge in [0, 0.05) is 17.5 Å². The summed E-state index contributed by atoms with van der Waals surface area (Å²) < 4.78 is 5.78. The second-order valence-electron chi connectivity index (χ2n) is 6.05. The van der Waals surface area contributed by atoms with Gasteiger partial charge in [-0.05, 0) is 61.9 Å². The SMILES string of the molecule is CCCNC(C)CC(C)Cc1cc(Cl)cc2c1OCC2. The third kappa shape index (κ3) is 4.13. The molecule has 0 aromatic heterocycles. The number of rotatable bonds is 7. The Morgan fingerprint density at radius 1 is 1.35 bits per heavy atom. The van der Waals surface area contributed by atoms with E-state index in [4.69, 9.17) is 16.3 Å². The molecule has 0 amide bonds. The molecule has 0 saturated heterocycles. The summed E-state index contributed by atoms with van der Waals surface area (Å²) in [7, 11) is 0. The van der Waals surface area contributed by atoms with Gasteiger partial charge in [-0.15, -0.1) is 0 Å². The molecule has 2 unspecified atom stereocenters. The molecule has 112 valence electrons. The van der Waals surface area contributed by atoms with Gasteiger partial charge in [0.25, 0.3) is 0 Å². The first-order valence-electron chi connectivity index (χ1n) is 7.77. The highest BCUT2D eigenvalue weighted by atomic mass is 35.5. The monoisotopic (exact) mass is 295 g/mol.